The van der Waals surface area contributed by atoms with Gasteiger partial charge in [-0.3, -0.25) is 0 Å². The molecule has 1 heterocycles. The predicted octanol–water partition coefficient (Wildman–Crippen LogP) is 2.69. The van der Waals surface area contributed by atoms with Crippen LogP contribution in [0.1, 0.15) is 57.2 Å². The van der Waals surface area contributed by atoms with E-state index in [1.54, 1.807) is 0 Å². The Morgan fingerprint density at radius 3 is 2.60 bits per heavy atom. The van der Waals surface area contributed by atoms with E-state index >= 15 is 0 Å². The molecule has 4 aliphatic carbocycles. The van der Waals surface area contributed by atoms with Crippen molar-refractivity contribution in [3.63, 3.8) is 0 Å². The van der Waals surface area contributed by atoms with Gasteiger partial charge in [0.25, 0.3) is 0 Å². The van der Waals surface area contributed by atoms with Gasteiger partial charge in [0.1, 0.15) is 0 Å². The molecule has 0 amide bonds. The van der Waals surface area contributed by atoms with Gasteiger partial charge in [0.2, 0.25) is 11.8 Å². The van der Waals surface area contributed by atoms with E-state index in [2.05, 4.69) is 22.4 Å². The summed E-state index contributed by atoms with van der Waals surface area (Å²) in [5.74, 6) is 3.54. The third-order valence-corrected chi connectivity index (χ3v) is 5.86. The van der Waals surface area contributed by atoms with Crippen LogP contribution in [0.4, 0.5) is 0 Å². The molecule has 1 N–H and O–H groups in total. The van der Waals surface area contributed by atoms with Crippen molar-refractivity contribution in [1.82, 2.24) is 15.5 Å². The average Bonchev–Trinajstić information content (AvgIpc) is 2.82. The first-order chi connectivity index (χ1) is 9.61. The third kappa shape index (κ3) is 1.92. The zero-order valence-corrected chi connectivity index (χ0v) is 12.6. The second-order valence-corrected chi connectivity index (χ2v) is 7.91. The highest BCUT2D eigenvalue weighted by Gasteiger charge is 2.58. The summed E-state index contributed by atoms with van der Waals surface area (Å²) in [6.45, 7) is 3.38. The Morgan fingerprint density at radius 1 is 1.20 bits per heavy atom. The molecule has 0 saturated heterocycles. The Labute approximate surface area is 120 Å². The molecule has 2 atom stereocenters. The van der Waals surface area contributed by atoms with Crippen LogP contribution < -0.4 is 5.32 Å². The maximum Gasteiger partial charge on any atom is 0.222 e. The fourth-order valence-corrected chi connectivity index (χ4v) is 5.77. The van der Waals surface area contributed by atoms with E-state index in [0.717, 1.165) is 36.6 Å². The van der Waals surface area contributed by atoms with Gasteiger partial charge in [0.05, 0.1) is 0 Å². The summed E-state index contributed by atoms with van der Waals surface area (Å²) in [6, 6.07) is 0. The summed E-state index contributed by atoms with van der Waals surface area (Å²) in [6.07, 6.45) is 8.96. The predicted molar refractivity (Wildman–Crippen MR) is 76.4 cm³/mol. The number of nitrogens with zero attached hydrogens (tertiary/aromatic N) is 2. The molecular formula is C16H25N3O. The van der Waals surface area contributed by atoms with Crippen molar-refractivity contribution in [3.8, 4) is 0 Å². The number of aromatic nitrogens is 2. The zero-order chi connectivity index (χ0) is 13.8. The van der Waals surface area contributed by atoms with Gasteiger partial charge >= 0.3 is 0 Å². The van der Waals surface area contributed by atoms with Crippen LogP contribution in [0.5, 0.6) is 0 Å². The van der Waals surface area contributed by atoms with Gasteiger partial charge in [-0.05, 0) is 62.8 Å². The van der Waals surface area contributed by atoms with E-state index in [4.69, 9.17) is 4.42 Å². The highest BCUT2D eigenvalue weighted by Crippen LogP contribution is 2.65. The Morgan fingerprint density at radius 2 is 1.95 bits per heavy atom. The van der Waals surface area contributed by atoms with Gasteiger partial charge in [-0.15, -0.1) is 10.2 Å². The maximum atomic E-state index is 6.05. The molecule has 4 heteroatoms. The van der Waals surface area contributed by atoms with Crippen molar-refractivity contribution >= 4 is 0 Å². The van der Waals surface area contributed by atoms with Gasteiger partial charge in [0, 0.05) is 18.4 Å². The largest absolute Gasteiger partial charge is 0.425 e. The summed E-state index contributed by atoms with van der Waals surface area (Å²) in [7, 11) is 1.96. The molecule has 5 rings (SSSR count). The van der Waals surface area contributed by atoms with Crippen LogP contribution in [-0.4, -0.2) is 23.8 Å². The van der Waals surface area contributed by atoms with Crippen molar-refractivity contribution in [2.75, 3.05) is 13.6 Å². The minimum atomic E-state index is 0.212. The lowest BCUT2D eigenvalue weighted by Crippen LogP contribution is -2.53. The molecule has 0 spiro atoms. The molecule has 4 fully saturated rings. The van der Waals surface area contributed by atoms with Crippen molar-refractivity contribution in [2.24, 2.45) is 17.3 Å². The Bertz CT molecular complexity index is 496. The number of nitrogens with one attached hydrogen (secondary N) is 1. The fourth-order valence-electron chi connectivity index (χ4n) is 5.77. The normalized spacial score (nSPS) is 42.3. The van der Waals surface area contributed by atoms with Crippen LogP contribution in [0.2, 0.25) is 0 Å². The monoisotopic (exact) mass is 275 g/mol. The van der Waals surface area contributed by atoms with E-state index in [0.29, 0.717) is 5.41 Å². The minimum Gasteiger partial charge on any atom is -0.425 e. The number of rotatable bonds is 4. The number of hydrogen-bond donors (Lipinski definition) is 1. The lowest BCUT2D eigenvalue weighted by atomic mass is 9.44. The van der Waals surface area contributed by atoms with Crippen LogP contribution in [0.15, 0.2) is 4.42 Å². The summed E-state index contributed by atoms with van der Waals surface area (Å²) in [4.78, 5) is 0. The van der Waals surface area contributed by atoms with Crippen molar-refractivity contribution in [2.45, 2.75) is 57.3 Å². The standard InChI is InChI=1S/C16H25N3O/c1-15-6-11-5-12(7-15)9-16(8-11,10-15)14-19-18-13(20-14)3-4-17-2/h11-12,17H,3-10H2,1-2H3. The first-order valence-corrected chi connectivity index (χ1v) is 8.08. The average molecular weight is 275 g/mol. The van der Waals surface area contributed by atoms with Crippen LogP contribution >= 0.6 is 0 Å². The van der Waals surface area contributed by atoms with E-state index < -0.39 is 0 Å². The Kier molecular flexibility index (Phi) is 2.75. The highest BCUT2D eigenvalue weighted by atomic mass is 16.4. The lowest BCUT2D eigenvalue weighted by Gasteiger charge is -2.60. The van der Waals surface area contributed by atoms with Crippen LogP contribution in [0.3, 0.4) is 0 Å². The minimum absolute atomic E-state index is 0.212. The maximum absolute atomic E-state index is 6.05. The van der Waals surface area contributed by atoms with E-state index in [-0.39, 0.29) is 5.41 Å². The number of likely N-dealkylation sites (N-methyl/N-ethyl adjacent to an activating group) is 1. The summed E-state index contributed by atoms with van der Waals surface area (Å²) < 4.78 is 6.05. The SMILES string of the molecule is CNCCc1nnc(C23CC4CC(CC(C)(C4)C2)C3)o1. The second-order valence-electron chi connectivity index (χ2n) is 7.91. The molecule has 1 aromatic rings. The quantitative estimate of drug-likeness (QED) is 0.918. The van der Waals surface area contributed by atoms with Gasteiger partial charge in [0.15, 0.2) is 0 Å². The van der Waals surface area contributed by atoms with Gasteiger partial charge in [-0.25, -0.2) is 0 Å². The first kappa shape index (κ1) is 12.8. The molecular weight excluding hydrogens is 250 g/mol. The van der Waals surface area contributed by atoms with E-state index in [1.165, 1.54) is 38.5 Å². The van der Waals surface area contributed by atoms with Gasteiger partial charge < -0.3 is 9.73 Å². The van der Waals surface area contributed by atoms with Crippen LogP contribution in [-0.2, 0) is 11.8 Å². The van der Waals surface area contributed by atoms with Crippen molar-refractivity contribution < 1.29 is 4.42 Å². The molecule has 0 aromatic carbocycles. The lowest BCUT2D eigenvalue weighted by molar-refractivity contribution is -0.0712. The number of hydrogen-bond acceptors (Lipinski definition) is 4. The highest BCUT2D eigenvalue weighted by molar-refractivity contribution is 5.17. The smallest absolute Gasteiger partial charge is 0.222 e. The third-order valence-electron chi connectivity index (χ3n) is 5.86. The van der Waals surface area contributed by atoms with Crippen molar-refractivity contribution in [3.05, 3.63) is 11.8 Å². The van der Waals surface area contributed by atoms with Gasteiger partial charge in [-0.1, -0.05) is 6.92 Å². The Hall–Kier alpha value is -0.900. The topological polar surface area (TPSA) is 51.0 Å². The fraction of sp³-hybridized carbons (Fsp3) is 0.875. The van der Waals surface area contributed by atoms with Crippen LogP contribution in [0, 0.1) is 17.3 Å². The van der Waals surface area contributed by atoms with Crippen LogP contribution in [0.25, 0.3) is 0 Å². The first-order valence-electron chi connectivity index (χ1n) is 8.08. The molecule has 4 nitrogen and oxygen atoms in total. The molecule has 1 aromatic heterocycles. The summed E-state index contributed by atoms with van der Waals surface area (Å²) >= 11 is 0. The Balaban J connectivity index is 1.62. The molecule has 0 radical (unpaired) electrons. The molecule has 0 aliphatic heterocycles. The molecule has 4 aliphatic rings. The molecule has 4 bridgehead atoms. The second kappa shape index (κ2) is 4.30. The summed E-state index contributed by atoms with van der Waals surface area (Å²) in [5.41, 5.74) is 0.743. The van der Waals surface area contributed by atoms with Crippen molar-refractivity contribution in [1.29, 1.82) is 0 Å². The summed E-state index contributed by atoms with van der Waals surface area (Å²) in [5, 5.41) is 11.9. The molecule has 110 valence electrons. The molecule has 20 heavy (non-hydrogen) atoms. The molecule has 4 saturated carbocycles. The van der Waals surface area contributed by atoms with E-state index in [9.17, 15) is 0 Å². The van der Waals surface area contributed by atoms with Gasteiger partial charge in [-0.2, -0.15) is 0 Å². The zero-order valence-electron chi connectivity index (χ0n) is 12.6. The molecule has 2 unspecified atom stereocenters. The van der Waals surface area contributed by atoms with E-state index in [1.807, 2.05) is 7.05 Å².